The van der Waals surface area contributed by atoms with Crippen molar-refractivity contribution < 1.29 is 18.0 Å². The molecule has 0 aliphatic carbocycles. The van der Waals surface area contributed by atoms with Gasteiger partial charge in [-0.1, -0.05) is 42.5 Å². The Morgan fingerprint density at radius 3 is 2.42 bits per heavy atom. The van der Waals surface area contributed by atoms with E-state index >= 15 is 0 Å². The molecule has 7 heteroatoms. The van der Waals surface area contributed by atoms with Gasteiger partial charge in [-0.05, 0) is 30.2 Å². The van der Waals surface area contributed by atoms with E-state index in [9.17, 15) is 8.42 Å². The van der Waals surface area contributed by atoms with Gasteiger partial charge in [0.2, 0.25) is 10.0 Å². The van der Waals surface area contributed by atoms with Gasteiger partial charge in [0.1, 0.15) is 11.0 Å². The van der Waals surface area contributed by atoms with E-state index in [1.807, 2.05) is 61.5 Å². The van der Waals surface area contributed by atoms with Crippen LogP contribution >= 0.6 is 0 Å². The molecule has 26 heavy (non-hydrogen) atoms. The molecule has 0 radical (unpaired) electrons. The first-order valence-electron chi connectivity index (χ1n) is 8.48. The Hall–Kier alpha value is -1.93. The summed E-state index contributed by atoms with van der Waals surface area (Å²) in [5, 5.41) is 0.908. The van der Waals surface area contributed by atoms with Gasteiger partial charge in [0.05, 0.1) is 19.8 Å². The maximum absolute atomic E-state index is 13.0. The number of hydrogen-bond acceptors (Lipinski definition) is 5. The number of methoxy groups -OCH3 is 1. The summed E-state index contributed by atoms with van der Waals surface area (Å²) in [6.45, 7) is 1.96. The van der Waals surface area contributed by atoms with Gasteiger partial charge < -0.3 is 4.74 Å². The molecular weight excluding hydrogens is 352 g/mol. The number of nitrogens with zero attached hydrogens (tertiary/aromatic N) is 1. The number of nitrogens with one attached hydrogen (secondary N) is 1. The molecule has 1 aliphatic rings. The van der Waals surface area contributed by atoms with Crippen LogP contribution in [-0.2, 0) is 14.9 Å². The highest BCUT2D eigenvalue weighted by Crippen LogP contribution is 2.34. The Morgan fingerprint density at radius 1 is 1.15 bits per heavy atom. The first-order chi connectivity index (χ1) is 12.4. The van der Waals surface area contributed by atoms with E-state index in [0.29, 0.717) is 0 Å². The summed E-state index contributed by atoms with van der Waals surface area (Å²) < 4.78 is 34.0. The van der Waals surface area contributed by atoms with Gasteiger partial charge in [0, 0.05) is 13.1 Å². The van der Waals surface area contributed by atoms with Crippen LogP contribution in [0.4, 0.5) is 0 Å². The summed E-state index contributed by atoms with van der Waals surface area (Å²) in [6, 6.07) is 16.2. The van der Waals surface area contributed by atoms with E-state index in [0.717, 1.165) is 16.9 Å². The predicted octanol–water partition coefficient (Wildman–Crippen LogP) is 2.66. The minimum absolute atomic E-state index is 0.115. The fourth-order valence-corrected chi connectivity index (χ4v) is 4.94. The topological polar surface area (TPSA) is 67.9 Å². The molecule has 1 N–H and O–H groups in total. The SMILES string of the molecule is COc1ccc([C@@H]2[C@@H](S(=O)(=O)N[C@H](C)c3ccccc3)CON2C)cc1. The summed E-state index contributed by atoms with van der Waals surface area (Å²) in [6.07, 6.45) is 0. The van der Waals surface area contributed by atoms with Crippen LogP contribution in [0.5, 0.6) is 5.75 Å². The van der Waals surface area contributed by atoms with Gasteiger partial charge in [-0.2, -0.15) is 5.06 Å². The molecule has 6 nitrogen and oxygen atoms in total. The highest BCUT2D eigenvalue weighted by atomic mass is 32.2. The minimum Gasteiger partial charge on any atom is -0.497 e. The van der Waals surface area contributed by atoms with Crippen LogP contribution in [0.15, 0.2) is 54.6 Å². The summed E-state index contributed by atoms with van der Waals surface area (Å²) in [4.78, 5) is 5.55. The fraction of sp³-hybridized carbons (Fsp3) is 0.368. The van der Waals surface area contributed by atoms with Gasteiger partial charge in [0.25, 0.3) is 0 Å². The lowest BCUT2D eigenvalue weighted by molar-refractivity contribution is -0.110. The molecule has 1 saturated heterocycles. The fourth-order valence-electron chi connectivity index (χ4n) is 3.23. The van der Waals surface area contributed by atoms with Gasteiger partial charge in [-0.15, -0.1) is 0 Å². The van der Waals surface area contributed by atoms with Crippen molar-refractivity contribution >= 4 is 10.0 Å². The summed E-state index contributed by atoms with van der Waals surface area (Å²) in [7, 11) is -0.247. The highest BCUT2D eigenvalue weighted by Gasteiger charge is 2.43. The Balaban J connectivity index is 1.83. The molecule has 1 heterocycles. The third-order valence-corrected chi connectivity index (χ3v) is 6.56. The lowest BCUT2D eigenvalue weighted by Crippen LogP contribution is -2.40. The van der Waals surface area contributed by atoms with Crippen LogP contribution in [0, 0.1) is 0 Å². The smallest absolute Gasteiger partial charge is 0.219 e. The average molecular weight is 376 g/mol. The lowest BCUT2D eigenvalue weighted by atomic mass is 10.0. The maximum atomic E-state index is 13.0. The van der Waals surface area contributed by atoms with Crippen molar-refractivity contribution in [2.45, 2.75) is 24.3 Å². The van der Waals surface area contributed by atoms with Crippen LogP contribution in [-0.4, -0.2) is 39.5 Å². The molecule has 3 rings (SSSR count). The van der Waals surface area contributed by atoms with Crippen molar-refractivity contribution in [3.8, 4) is 5.75 Å². The van der Waals surface area contributed by atoms with Crippen molar-refractivity contribution in [3.63, 3.8) is 0 Å². The second kappa shape index (κ2) is 7.75. The maximum Gasteiger partial charge on any atom is 0.219 e. The molecular formula is C19H24N2O4S. The second-order valence-electron chi connectivity index (χ2n) is 6.39. The van der Waals surface area contributed by atoms with Gasteiger partial charge in [-0.3, -0.25) is 4.84 Å². The van der Waals surface area contributed by atoms with Crippen molar-refractivity contribution in [2.24, 2.45) is 0 Å². The third-order valence-electron chi connectivity index (χ3n) is 4.68. The molecule has 2 aromatic carbocycles. The monoisotopic (exact) mass is 376 g/mol. The van der Waals surface area contributed by atoms with Crippen LogP contribution < -0.4 is 9.46 Å². The number of hydroxylamine groups is 2. The van der Waals surface area contributed by atoms with Gasteiger partial charge in [-0.25, -0.2) is 13.1 Å². The molecule has 0 aromatic heterocycles. The summed E-state index contributed by atoms with van der Waals surface area (Å²) >= 11 is 0. The van der Waals surface area contributed by atoms with Crippen molar-refractivity contribution in [3.05, 3.63) is 65.7 Å². The molecule has 0 amide bonds. The van der Waals surface area contributed by atoms with E-state index in [1.165, 1.54) is 0 Å². The summed E-state index contributed by atoms with van der Waals surface area (Å²) in [5.74, 6) is 0.727. The predicted molar refractivity (Wildman–Crippen MR) is 100 cm³/mol. The Bertz CT molecular complexity index is 824. The van der Waals surface area contributed by atoms with E-state index in [1.54, 1.807) is 19.2 Å². The minimum atomic E-state index is -3.60. The number of rotatable bonds is 6. The van der Waals surface area contributed by atoms with Gasteiger partial charge >= 0.3 is 0 Å². The molecule has 2 aromatic rings. The molecule has 0 spiro atoms. The van der Waals surface area contributed by atoms with Crippen molar-refractivity contribution in [1.29, 1.82) is 0 Å². The third kappa shape index (κ3) is 3.91. The first kappa shape index (κ1) is 18.8. The molecule has 0 saturated carbocycles. The van der Waals surface area contributed by atoms with E-state index in [2.05, 4.69) is 4.72 Å². The second-order valence-corrected chi connectivity index (χ2v) is 8.32. The number of ether oxygens (including phenoxy) is 1. The Kier molecular flexibility index (Phi) is 5.62. The Labute approximate surface area is 154 Å². The van der Waals surface area contributed by atoms with Crippen molar-refractivity contribution in [2.75, 3.05) is 20.8 Å². The quantitative estimate of drug-likeness (QED) is 0.840. The lowest BCUT2D eigenvalue weighted by Gasteiger charge is -2.24. The van der Waals surface area contributed by atoms with Gasteiger partial charge in [0.15, 0.2) is 0 Å². The van der Waals surface area contributed by atoms with Crippen LogP contribution in [0.3, 0.4) is 0 Å². The zero-order valence-corrected chi connectivity index (χ0v) is 15.9. The highest BCUT2D eigenvalue weighted by molar-refractivity contribution is 7.90. The molecule has 1 aliphatic heterocycles. The molecule has 140 valence electrons. The van der Waals surface area contributed by atoms with Crippen molar-refractivity contribution in [1.82, 2.24) is 9.79 Å². The zero-order chi connectivity index (χ0) is 18.7. The molecule has 0 unspecified atom stereocenters. The van der Waals surface area contributed by atoms with Crippen LogP contribution in [0.2, 0.25) is 0 Å². The Morgan fingerprint density at radius 2 is 1.81 bits per heavy atom. The normalized spacial score (nSPS) is 22.3. The zero-order valence-electron chi connectivity index (χ0n) is 15.1. The molecule has 3 atom stereocenters. The molecule has 0 bridgehead atoms. The van der Waals surface area contributed by atoms with Crippen LogP contribution in [0.25, 0.3) is 0 Å². The number of sulfonamides is 1. The van der Waals surface area contributed by atoms with E-state index in [4.69, 9.17) is 9.57 Å². The average Bonchev–Trinajstić information content (AvgIpc) is 3.04. The van der Waals surface area contributed by atoms with E-state index < -0.39 is 15.3 Å². The number of hydrogen-bond donors (Lipinski definition) is 1. The number of benzene rings is 2. The van der Waals surface area contributed by atoms with Crippen LogP contribution in [0.1, 0.15) is 30.1 Å². The first-order valence-corrected chi connectivity index (χ1v) is 10.0. The standard InChI is InChI=1S/C19H24N2O4S/c1-14(15-7-5-4-6-8-15)20-26(22,23)18-13-25-21(2)19(18)16-9-11-17(24-3)12-10-16/h4-12,14,18-20H,13H2,1-3H3/t14-,18+,19-/m1/s1. The molecule has 1 fully saturated rings. The van der Waals surface area contributed by atoms with E-state index in [-0.39, 0.29) is 18.7 Å². The summed E-state index contributed by atoms with van der Waals surface area (Å²) in [5.41, 5.74) is 1.79. The largest absolute Gasteiger partial charge is 0.497 e.